The SMILES string of the molecule is CCOC(=O)c1ncsc1NCc1nn[nH]n1. The van der Waals surface area contributed by atoms with Gasteiger partial charge in [0.2, 0.25) is 0 Å². The fourth-order valence-electron chi connectivity index (χ4n) is 1.13. The average molecular weight is 254 g/mol. The first-order valence-electron chi connectivity index (χ1n) is 4.88. The van der Waals surface area contributed by atoms with Crippen molar-refractivity contribution in [2.24, 2.45) is 0 Å². The van der Waals surface area contributed by atoms with Crippen molar-refractivity contribution in [3.63, 3.8) is 0 Å². The zero-order valence-corrected chi connectivity index (χ0v) is 9.82. The van der Waals surface area contributed by atoms with E-state index < -0.39 is 5.97 Å². The Bertz CT molecular complexity index is 482. The third-order valence-corrected chi connectivity index (χ3v) is 2.62. The van der Waals surface area contributed by atoms with E-state index in [9.17, 15) is 4.79 Å². The number of hydrogen-bond acceptors (Lipinski definition) is 8. The van der Waals surface area contributed by atoms with Crippen molar-refractivity contribution in [2.75, 3.05) is 11.9 Å². The van der Waals surface area contributed by atoms with Crippen molar-refractivity contribution < 1.29 is 9.53 Å². The zero-order chi connectivity index (χ0) is 12.1. The minimum atomic E-state index is -0.440. The van der Waals surface area contributed by atoms with Gasteiger partial charge in [0.05, 0.1) is 18.7 Å². The first-order chi connectivity index (χ1) is 8.31. The van der Waals surface area contributed by atoms with E-state index in [-0.39, 0.29) is 5.69 Å². The number of nitrogens with zero attached hydrogens (tertiary/aromatic N) is 4. The van der Waals surface area contributed by atoms with Crippen molar-refractivity contribution in [1.29, 1.82) is 0 Å². The predicted molar refractivity (Wildman–Crippen MR) is 59.6 cm³/mol. The molecule has 0 saturated heterocycles. The molecule has 0 atom stereocenters. The second-order valence-electron chi connectivity index (χ2n) is 2.93. The molecule has 2 aromatic heterocycles. The van der Waals surface area contributed by atoms with Gasteiger partial charge < -0.3 is 10.1 Å². The van der Waals surface area contributed by atoms with E-state index in [0.717, 1.165) is 0 Å². The number of rotatable bonds is 5. The van der Waals surface area contributed by atoms with Crippen LogP contribution in [0.2, 0.25) is 0 Å². The minimum absolute atomic E-state index is 0.278. The number of carbonyl (C=O) groups excluding carboxylic acids is 1. The molecular formula is C8H10N6O2S. The van der Waals surface area contributed by atoms with Gasteiger partial charge in [0.1, 0.15) is 5.00 Å². The molecule has 2 heterocycles. The Morgan fingerprint density at radius 1 is 1.65 bits per heavy atom. The van der Waals surface area contributed by atoms with Gasteiger partial charge in [-0.2, -0.15) is 5.21 Å². The topological polar surface area (TPSA) is 106 Å². The summed E-state index contributed by atoms with van der Waals surface area (Å²) in [7, 11) is 0. The molecule has 0 fully saturated rings. The second kappa shape index (κ2) is 5.34. The molecule has 0 radical (unpaired) electrons. The Kier molecular flexibility index (Phi) is 3.60. The fraction of sp³-hybridized carbons (Fsp3) is 0.375. The van der Waals surface area contributed by atoms with E-state index in [1.165, 1.54) is 11.3 Å². The maximum atomic E-state index is 11.5. The summed E-state index contributed by atoms with van der Waals surface area (Å²) in [6.07, 6.45) is 0. The Morgan fingerprint density at radius 3 is 3.24 bits per heavy atom. The fourth-order valence-corrected chi connectivity index (χ4v) is 1.80. The summed E-state index contributed by atoms with van der Waals surface area (Å²) in [5.41, 5.74) is 1.85. The van der Waals surface area contributed by atoms with E-state index in [2.05, 4.69) is 30.9 Å². The van der Waals surface area contributed by atoms with Crippen LogP contribution in [-0.2, 0) is 11.3 Å². The number of H-pyrrole nitrogens is 1. The highest BCUT2D eigenvalue weighted by molar-refractivity contribution is 7.14. The highest BCUT2D eigenvalue weighted by atomic mass is 32.1. The van der Waals surface area contributed by atoms with Crippen molar-refractivity contribution in [1.82, 2.24) is 25.6 Å². The van der Waals surface area contributed by atoms with Gasteiger partial charge in [0.25, 0.3) is 0 Å². The average Bonchev–Trinajstić information content (AvgIpc) is 2.98. The number of tetrazole rings is 1. The van der Waals surface area contributed by atoms with Crippen LogP contribution in [0.25, 0.3) is 0 Å². The highest BCUT2D eigenvalue weighted by Crippen LogP contribution is 2.21. The van der Waals surface area contributed by atoms with Gasteiger partial charge in [-0.3, -0.25) is 0 Å². The zero-order valence-electron chi connectivity index (χ0n) is 9.01. The monoisotopic (exact) mass is 254 g/mol. The van der Waals surface area contributed by atoms with Crippen molar-refractivity contribution >= 4 is 22.3 Å². The molecule has 0 bridgehead atoms. The quantitative estimate of drug-likeness (QED) is 0.746. The van der Waals surface area contributed by atoms with Gasteiger partial charge >= 0.3 is 5.97 Å². The lowest BCUT2D eigenvalue weighted by Crippen LogP contribution is -2.09. The molecule has 0 aliphatic rings. The maximum absolute atomic E-state index is 11.5. The molecule has 0 aliphatic heterocycles. The molecule has 0 spiro atoms. The molecule has 0 aliphatic carbocycles. The summed E-state index contributed by atoms with van der Waals surface area (Å²) in [5.74, 6) is 0.0672. The van der Waals surface area contributed by atoms with E-state index in [1.807, 2.05) is 0 Å². The Balaban J connectivity index is 2.01. The minimum Gasteiger partial charge on any atom is -0.461 e. The number of hydrogen-bond donors (Lipinski definition) is 2. The van der Waals surface area contributed by atoms with Crippen LogP contribution in [0, 0.1) is 0 Å². The number of carbonyl (C=O) groups is 1. The number of aromatic amines is 1. The van der Waals surface area contributed by atoms with E-state index in [0.29, 0.717) is 24.0 Å². The van der Waals surface area contributed by atoms with Gasteiger partial charge in [-0.25, -0.2) is 9.78 Å². The van der Waals surface area contributed by atoms with Crippen molar-refractivity contribution in [2.45, 2.75) is 13.5 Å². The van der Waals surface area contributed by atoms with E-state index in [1.54, 1.807) is 12.4 Å². The largest absolute Gasteiger partial charge is 0.461 e. The predicted octanol–water partition coefficient (Wildman–Crippen LogP) is 0.445. The molecule has 0 saturated carbocycles. The molecule has 0 amide bonds. The Morgan fingerprint density at radius 2 is 2.53 bits per heavy atom. The van der Waals surface area contributed by atoms with Gasteiger partial charge in [-0.1, -0.05) is 5.21 Å². The van der Waals surface area contributed by atoms with Crippen molar-refractivity contribution in [3.8, 4) is 0 Å². The van der Waals surface area contributed by atoms with E-state index >= 15 is 0 Å². The van der Waals surface area contributed by atoms with Gasteiger partial charge in [-0.15, -0.1) is 21.5 Å². The number of aromatic nitrogens is 5. The van der Waals surface area contributed by atoms with Gasteiger partial charge in [0.15, 0.2) is 11.5 Å². The first kappa shape index (κ1) is 11.5. The number of anilines is 1. The number of ether oxygens (including phenoxy) is 1. The van der Waals surface area contributed by atoms with Crippen LogP contribution in [-0.4, -0.2) is 38.2 Å². The van der Waals surface area contributed by atoms with Gasteiger partial charge in [0, 0.05) is 0 Å². The summed E-state index contributed by atoms with van der Waals surface area (Å²) in [4.78, 5) is 15.5. The maximum Gasteiger partial charge on any atom is 0.360 e. The lowest BCUT2D eigenvalue weighted by atomic mass is 10.4. The van der Waals surface area contributed by atoms with Crippen LogP contribution in [0.5, 0.6) is 0 Å². The molecule has 0 unspecified atom stereocenters. The highest BCUT2D eigenvalue weighted by Gasteiger charge is 2.16. The molecule has 2 aromatic rings. The smallest absolute Gasteiger partial charge is 0.360 e. The molecule has 2 N–H and O–H groups in total. The Hall–Kier alpha value is -2.03. The summed E-state index contributed by atoms with van der Waals surface area (Å²) in [6, 6.07) is 0. The summed E-state index contributed by atoms with van der Waals surface area (Å²) in [6.45, 7) is 2.43. The lowest BCUT2D eigenvalue weighted by molar-refractivity contribution is 0.0521. The molecule has 2 rings (SSSR count). The molecule has 0 aromatic carbocycles. The van der Waals surface area contributed by atoms with Crippen LogP contribution in [0.4, 0.5) is 5.00 Å². The van der Waals surface area contributed by atoms with Crippen molar-refractivity contribution in [3.05, 3.63) is 17.0 Å². The normalized spacial score (nSPS) is 10.2. The number of nitrogens with one attached hydrogen (secondary N) is 2. The summed E-state index contributed by atoms with van der Waals surface area (Å²) >= 11 is 1.32. The van der Waals surface area contributed by atoms with Crippen LogP contribution in [0.1, 0.15) is 23.2 Å². The standard InChI is InChI=1S/C8H10N6O2S/c1-2-16-8(15)6-7(17-4-10-6)9-3-5-11-13-14-12-5/h4,9H,2-3H2,1H3,(H,11,12,13,14). The third-order valence-electron chi connectivity index (χ3n) is 1.83. The van der Waals surface area contributed by atoms with Crippen LogP contribution < -0.4 is 5.32 Å². The summed E-state index contributed by atoms with van der Waals surface area (Å²) in [5, 5.41) is 17.0. The van der Waals surface area contributed by atoms with Crippen LogP contribution in [0.15, 0.2) is 5.51 Å². The number of esters is 1. The van der Waals surface area contributed by atoms with E-state index in [4.69, 9.17) is 4.74 Å². The van der Waals surface area contributed by atoms with Crippen LogP contribution >= 0.6 is 11.3 Å². The third kappa shape index (κ3) is 2.75. The van der Waals surface area contributed by atoms with Gasteiger partial charge in [-0.05, 0) is 6.92 Å². The molecule has 9 heteroatoms. The molecule has 17 heavy (non-hydrogen) atoms. The molecule has 90 valence electrons. The second-order valence-corrected chi connectivity index (χ2v) is 3.79. The Labute approximate surface area is 100 Å². The number of thiazole rings is 1. The molecular weight excluding hydrogens is 244 g/mol. The molecule has 8 nitrogen and oxygen atoms in total. The lowest BCUT2D eigenvalue weighted by Gasteiger charge is -2.03. The summed E-state index contributed by atoms with van der Waals surface area (Å²) < 4.78 is 4.88. The first-order valence-corrected chi connectivity index (χ1v) is 5.76. The van der Waals surface area contributed by atoms with Crippen LogP contribution in [0.3, 0.4) is 0 Å².